The van der Waals surface area contributed by atoms with Gasteiger partial charge in [-0.1, -0.05) is 83.3 Å². The van der Waals surface area contributed by atoms with Gasteiger partial charge in [0, 0.05) is 35.9 Å². The number of pyridine rings is 2. The lowest BCUT2D eigenvalue weighted by molar-refractivity contribution is 0.592. The quantitative estimate of drug-likeness (QED) is 0.188. The zero-order valence-corrected chi connectivity index (χ0v) is 27.7. The van der Waals surface area contributed by atoms with Crippen LogP contribution in [-0.4, -0.2) is 51.8 Å². The van der Waals surface area contributed by atoms with E-state index in [1.165, 1.54) is 15.9 Å². The average molecular weight is 697 g/mol. The Hall–Kier alpha value is -4.96. The highest BCUT2D eigenvalue weighted by Crippen LogP contribution is 2.27. The summed E-state index contributed by atoms with van der Waals surface area (Å²) in [5.41, 5.74) is 5.32. The zero-order valence-electron chi connectivity index (χ0n) is 24.4. The zero-order chi connectivity index (χ0) is 32.2. The molecule has 0 N–H and O–H groups in total. The Morgan fingerprint density at radius 1 is 0.638 bits per heavy atom. The number of benzene rings is 2. The third kappa shape index (κ3) is 7.07. The molecule has 0 saturated carbocycles. The summed E-state index contributed by atoms with van der Waals surface area (Å²) >= 11 is 2.44. The van der Waals surface area contributed by atoms with E-state index in [0.717, 1.165) is 44.4 Å². The molecular weight excluding hydrogens is 673 g/mol. The molecule has 0 fully saturated rings. The summed E-state index contributed by atoms with van der Waals surface area (Å²) in [6, 6.07) is 26.7. The summed E-state index contributed by atoms with van der Waals surface area (Å²) in [5.74, 6) is 0.336. The molecule has 0 aliphatic heterocycles. The minimum Gasteiger partial charge on any atom is -0.265 e. The fourth-order valence-corrected chi connectivity index (χ4v) is 9.21. The van der Waals surface area contributed by atoms with Crippen molar-refractivity contribution in [2.75, 3.05) is 0 Å². The summed E-state index contributed by atoms with van der Waals surface area (Å²) < 4.78 is 41.3. The molecule has 6 heterocycles. The molecule has 0 aliphatic rings. The van der Waals surface area contributed by atoms with Crippen LogP contribution in [0.1, 0.15) is 11.1 Å². The predicted molar refractivity (Wildman–Crippen MR) is 182 cm³/mol. The Morgan fingerprint density at radius 2 is 1.15 bits per heavy atom. The molecule has 11 nitrogen and oxygen atoms in total. The summed E-state index contributed by atoms with van der Waals surface area (Å²) in [5, 5.41) is 8.61. The van der Waals surface area contributed by atoms with E-state index in [0.29, 0.717) is 20.6 Å². The van der Waals surface area contributed by atoms with Gasteiger partial charge in [-0.2, -0.15) is 0 Å². The lowest BCUT2D eigenvalue weighted by atomic mass is 10.2. The first kappa shape index (κ1) is 30.7. The van der Waals surface area contributed by atoms with Crippen LogP contribution in [0, 0.1) is 0 Å². The molecule has 8 rings (SSSR count). The van der Waals surface area contributed by atoms with Crippen molar-refractivity contribution in [2.45, 2.75) is 20.2 Å². The first-order valence-electron chi connectivity index (χ1n) is 14.1. The van der Waals surface area contributed by atoms with E-state index >= 15 is 0 Å². The van der Waals surface area contributed by atoms with Gasteiger partial charge in [-0.3, -0.25) is 14.2 Å². The van der Waals surface area contributed by atoms with E-state index < -0.39 is 20.6 Å². The van der Waals surface area contributed by atoms with Crippen molar-refractivity contribution < 1.29 is 12.6 Å². The van der Waals surface area contributed by atoms with Crippen molar-refractivity contribution in [3.05, 3.63) is 133 Å². The lowest BCUT2D eigenvalue weighted by Crippen LogP contribution is -2.05. The van der Waals surface area contributed by atoms with Gasteiger partial charge >= 0.3 is 0 Å². The Bertz CT molecular complexity index is 2330. The lowest BCUT2D eigenvalue weighted by Gasteiger charge is -1.99. The van der Waals surface area contributed by atoms with E-state index in [2.05, 4.69) is 30.1 Å². The minimum absolute atomic E-state index is 0.0708. The Labute approximate surface area is 279 Å². The molecule has 2 aromatic carbocycles. The van der Waals surface area contributed by atoms with Gasteiger partial charge in [-0.25, -0.2) is 27.4 Å². The van der Waals surface area contributed by atoms with Crippen molar-refractivity contribution >= 4 is 53.2 Å². The van der Waals surface area contributed by atoms with Crippen molar-refractivity contribution in [3.63, 3.8) is 0 Å². The topological polar surface area (TPSA) is 137 Å². The van der Waals surface area contributed by atoms with Gasteiger partial charge < -0.3 is 0 Å². The largest absolute Gasteiger partial charge is 0.265 e. The van der Waals surface area contributed by atoms with Gasteiger partial charge in [0.1, 0.15) is 0 Å². The number of hydrogen-bond acceptors (Lipinski definition) is 11. The minimum atomic E-state index is -3.50. The number of fused-ring (bicyclic) bond motifs is 2. The molecular formula is C32H24N8O3S4. The highest BCUT2D eigenvalue weighted by molar-refractivity contribution is 7.92. The van der Waals surface area contributed by atoms with E-state index in [1.807, 2.05) is 79.0 Å². The van der Waals surface area contributed by atoms with Crippen molar-refractivity contribution in [1.29, 1.82) is 0 Å². The van der Waals surface area contributed by atoms with Crippen LogP contribution in [0.3, 0.4) is 0 Å². The van der Waals surface area contributed by atoms with Gasteiger partial charge in [-0.15, -0.1) is 10.2 Å². The molecule has 0 radical (unpaired) electrons. The van der Waals surface area contributed by atoms with Crippen LogP contribution < -0.4 is 0 Å². The Kier molecular flexibility index (Phi) is 8.76. The summed E-state index contributed by atoms with van der Waals surface area (Å²) in [6.07, 6.45) is 10.2. The molecule has 47 heavy (non-hydrogen) atoms. The molecule has 8 aromatic rings. The third-order valence-corrected chi connectivity index (χ3v) is 12.5. The molecule has 0 amide bonds. The highest BCUT2D eigenvalue weighted by Gasteiger charge is 2.22. The molecule has 234 valence electrons. The second-order valence-corrected chi connectivity index (χ2v) is 15.8. The van der Waals surface area contributed by atoms with Gasteiger partial charge in [-0.05, 0) is 35.4 Å². The maximum atomic E-state index is 12.5. The second-order valence-electron chi connectivity index (χ2n) is 10.1. The first-order valence-corrected chi connectivity index (χ1v) is 18.7. The maximum absolute atomic E-state index is 12.5. The van der Waals surface area contributed by atoms with E-state index in [4.69, 9.17) is 0 Å². The van der Waals surface area contributed by atoms with Crippen LogP contribution in [0.5, 0.6) is 0 Å². The number of imidazole rings is 2. The average Bonchev–Trinajstić information content (AvgIpc) is 3.87. The van der Waals surface area contributed by atoms with Crippen LogP contribution in [-0.2, 0) is 32.1 Å². The smallest absolute Gasteiger partial charge is 0.232 e. The standard InChI is InChI=1S/C16H12N4O2S2.C16H12N4OS2/c21-24(22,11-12-6-8-17-9-7-12)16-19-20-10-14(18-15(20)23-16)13-4-2-1-3-5-13;21-23(11-12-6-8-17-9-7-12)16-19-20-10-14(18-15(20)22-16)13-4-2-1-3-5-13/h1-10H,11H2;1-10H,11H2. The molecule has 0 saturated heterocycles. The van der Waals surface area contributed by atoms with E-state index in [-0.39, 0.29) is 10.1 Å². The van der Waals surface area contributed by atoms with Crippen molar-refractivity contribution in [1.82, 2.24) is 39.2 Å². The molecule has 0 aliphatic carbocycles. The molecule has 6 aromatic heterocycles. The van der Waals surface area contributed by atoms with Crippen LogP contribution in [0.2, 0.25) is 0 Å². The number of nitrogens with zero attached hydrogens (tertiary/aromatic N) is 8. The van der Waals surface area contributed by atoms with E-state index in [9.17, 15) is 12.6 Å². The first-order chi connectivity index (χ1) is 22.9. The SMILES string of the molecule is O=S(=O)(Cc1ccncc1)c1nn2cc(-c3ccccc3)nc2s1.O=S(Cc1ccncc1)c1nn2cc(-c3ccccc3)nc2s1. The molecule has 15 heteroatoms. The number of aromatic nitrogens is 8. The molecule has 0 spiro atoms. The second kappa shape index (κ2) is 13.4. The highest BCUT2D eigenvalue weighted by atomic mass is 32.2. The molecule has 1 atom stereocenters. The molecule has 0 bridgehead atoms. The normalized spacial score (nSPS) is 12.2. The predicted octanol–water partition coefficient (Wildman–Crippen LogP) is 5.99. The van der Waals surface area contributed by atoms with Gasteiger partial charge in [0.25, 0.3) is 0 Å². The summed E-state index contributed by atoms with van der Waals surface area (Å²) in [4.78, 5) is 18.2. The van der Waals surface area contributed by atoms with Crippen molar-refractivity contribution in [2.24, 2.45) is 0 Å². The van der Waals surface area contributed by atoms with Crippen molar-refractivity contribution in [3.8, 4) is 22.5 Å². The van der Waals surface area contributed by atoms with Crippen LogP contribution in [0.4, 0.5) is 0 Å². The fourth-order valence-electron chi connectivity index (χ4n) is 4.53. The van der Waals surface area contributed by atoms with Gasteiger partial charge in [0.05, 0.1) is 46.1 Å². The maximum Gasteiger partial charge on any atom is 0.232 e. The van der Waals surface area contributed by atoms with Crippen LogP contribution >= 0.6 is 22.7 Å². The summed E-state index contributed by atoms with van der Waals surface area (Å²) in [7, 11) is -4.68. The molecule has 1 unspecified atom stereocenters. The number of rotatable bonds is 8. The van der Waals surface area contributed by atoms with Crippen LogP contribution in [0.15, 0.2) is 131 Å². The fraction of sp³-hybridized carbons (Fsp3) is 0.0625. The number of hydrogen-bond donors (Lipinski definition) is 0. The Morgan fingerprint density at radius 3 is 1.68 bits per heavy atom. The summed E-state index contributed by atoms with van der Waals surface area (Å²) in [6.45, 7) is 0. The van der Waals surface area contributed by atoms with E-state index in [1.54, 1.807) is 47.6 Å². The van der Waals surface area contributed by atoms with Gasteiger partial charge in [0.2, 0.25) is 28.4 Å². The number of sulfone groups is 1. The Balaban J connectivity index is 0.000000150. The van der Waals surface area contributed by atoms with Gasteiger partial charge in [0.15, 0.2) is 0 Å². The third-order valence-electron chi connectivity index (χ3n) is 6.80. The monoisotopic (exact) mass is 696 g/mol. The van der Waals surface area contributed by atoms with Crippen LogP contribution in [0.25, 0.3) is 32.4 Å².